The van der Waals surface area contributed by atoms with Gasteiger partial charge in [0.15, 0.2) is 11.8 Å². The van der Waals surface area contributed by atoms with Crippen LogP contribution in [0.4, 0.5) is 4.39 Å². The normalized spacial score (nSPS) is 17.8. The third-order valence-electron chi connectivity index (χ3n) is 7.18. The first-order valence-electron chi connectivity index (χ1n) is 13.4. The summed E-state index contributed by atoms with van der Waals surface area (Å²) in [6.07, 6.45) is 5.81. The van der Waals surface area contributed by atoms with E-state index in [1.54, 1.807) is 24.4 Å². The summed E-state index contributed by atoms with van der Waals surface area (Å²) in [7, 11) is 0. The molecule has 0 saturated carbocycles. The molecule has 1 aliphatic rings. The second kappa shape index (κ2) is 11.8. The van der Waals surface area contributed by atoms with Crippen molar-refractivity contribution in [3.63, 3.8) is 0 Å². The molecule has 7 N–H and O–H groups in total. The molecule has 2 aromatic carbocycles. The van der Waals surface area contributed by atoms with Crippen molar-refractivity contribution in [3.05, 3.63) is 81.1 Å². The molecule has 0 spiro atoms. The molecule has 1 aliphatic heterocycles. The van der Waals surface area contributed by atoms with E-state index in [2.05, 4.69) is 15.3 Å². The Morgan fingerprint density at radius 1 is 1.30 bits per heavy atom. The lowest BCUT2D eigenvalue weighted by molar-refractivity contribution is 0.0473. The Hall–Kier alpha value is -3.73. The summed E-state index contributed by atoms with van der Waals surface area (Å²) in [5.41, 5.74) is 14.5. The van der Waals surface area contributed by atoms with E-state index < -0.39 is 11.5 Å². The van der Waals surface area contributed by atoms with Crippen LogP contribution in [0.25, 0.3) is 28.0 Å². The van der Waals surface area contributed by atoms with E-state index in [0.29, 0.717) is 34.5 Å². The van der Waals surface area contributed by atoms with Crippen molar-refractivity contribution in [1.29, 1.82) is 5.41 Å². The van der Waals surface area contributed by atoms with E-state index in [-0.39, 0.29) is 29.2 Å². The van der Waals surface area contributed by atoms with Crippen molar-refractivity contribution in [2.45, 2.75) is 57.3 Å². The molecule has 2 aromatic heterocycles. The SMILES string of the molecule is C[C@H](N)CCCc1cc(Cl)c(F)c(-c2cc3cn(-c4ccc([C@@H]5CC[C@@H](CNC(=N)N)O5)cc4)c(=O)nc3[nH]2)c1. The number of rotatable bonds is 9. The molecule has 1 saturated heterocycles. The van der Waals surface area contributed by atoms with E-state index >= 15 is 4.39 Å². The zero-order valence-electron chi connectivity index (χ0n) is 22.2. The van der Waals surface area contributed by atoms with E-state index in [9.17, 15) is 4.79 Å². The van der Waals surface area contributed by atoms with Crippen LogP contribution in [0.2, 0.25) is 5.02 Å². The van der Waals surface area contributed by atoms with Crippen LogP contribution in [-0.2, 0) is 11.2 Å². The third-order valence-corrected chi connectivity index (χ3v) is 7.46. The lowest BCUT2D eigenvalue weighted by atomic mass is 10.0. The van der Waals surface area contributed by atoms with E-state index in [0.717, 1.165) is 43.2 Å². The van der Waals surface area contributed by atoms with Gasteiger partial charge in [0.05, 0.1) is 28.6 Å². The standard InChI is InChI=1S/C29H33ClFN7O2/c1-16(32)3-2-4-17-11-22(26(31)23(30)12-17)24-13-19-15-38(29(39)37-27(19)36-24)20-7-5-18(6-8-20)25-10-9-21(40-25)14-35-28(33)34/h5-8,11-13,15-16,21,25H,2-4,9-10,14,32H2,1H3,(H4,33,34,35)(H,36,37,39)/t16-,21-,25-/m0/s1. The minimum absolute atomic E-state index is 0.0133. The van der Waals surface area contributed by atoms with Crippen LogP contribution in [0.3, 0.4) is 0 Å². The number of nitrogens with zero attached hydrogens (tertiary/aromatic N) is 2. The number of hydrogen-bond donors (Lipinski definition) is 5. The van der Waals surface area contributed by atoms with E-state index in [4.69, 9.17) is 33.2 Å². The van der Waals surface area contributed by atoms with Crippen LogP contribution in [0.15, 0.2) is 53.5 Å². The summed E-state index contributed by atoms with van der Waals surface area (Å²) in [6, 6.07) is 12.9. The number of hydrogen-bond acceptors (Lipinski definition) is 5. The number of nitrogens with two attached hydrogens (primary N) is 2. The molecule has 0 unspecified atom stereocenters. The first-order chi connectivity index (χ1) is 19.2. The number of ether oxygens (including phenoxy) is 1. The van der Waals surface area contributed by atoms with Gasteiger partial charge >= 0.3 is 5.69 Å². The fraction of sp³-hybridized carbons (Fsp3) is 0.345. The summed E-state index contributed by atoms with van der Waals surface area (Å²) in [5, 5.41) is 10.8. The maximum absolute atomic E-state index is 15.1. The number of guanidine groups is 1. The van der Waals surface area contributed by atoms with Crippen LogP contribution in [-0.4, -0.2) is 39.2 Å². The van der Waals surface area contributed by atoms with Gasteiger partial charge in [0.2, 0.25) is 0 Å². The van der Waals surface area contributed by atoms with Crippen LogP contribution < -0.4 is 22.5 Å². The molecule has 0 aliphatic carbocycles. The van der Waals surface area contributed by atoms with Crippen LogP contribution >= 0.6 is 11.6 Å². The zero-order valence-corrected chi connectivity index (χ0v) is 23.0. The Morgan fingerprint density at radius 2 is 2.08 bits per heavy atom. The minimum Gasteiger partial charge on any atom is -0.370 e. The third kappa shape index (κ3) is 6.19. The molecule has 210 valence electrons. The second-order valence-corrected chi connectivity index (χ2v) is 10.8. The highest BCUT2D eigenvalue weighted by Crippen LogP contribution is 2.33. The van der Waals surface area contributed by atoms with Gasteiger partial charge in [-0.3, -0.25) is 9.98 Å². The van der Waals surface area contributed by atoms with Gasteiger partial charge in [-0.05, 0) is 80.5 Å². The largest absolute Gasteiger partial charge is 0.370 e. The Bertz CT molecular complexity index is 1580. The summed E-state index contributed by atoms with van der Waals surface area (Å²) >= 11 is 6.23. The van der Waals surface area contributed by atoms with Gasteiger partial charge in [-0.25, -0.2) is 9.18 Å². The molecule has 1 fully saturated rings. The monoisotopic (exact) mass is 565 g/mol. The predicted octanol–water partition coefficient (Wildman–Crippen LogP) is 4.55. The number of benzene rings is 2. The van der Waals surface area contributed by atoms with Crippen molar-refractivity contribution < 1.29 is 9.13 Å². The molecule has 40 heavy (non-hydrogen) atoms. The first-order valence-corrected chi connectivity index (χ1v) is 13.8. The van der Waals surface area contributed by atoms with E-state index in [1.807, 2.05) is 31.2 Å². The van der Waals surface area contributed by atoms with Crippen molar-refractivity contribution >= 4 is 28.6 Å². The number of halogens is 2. The maximum Gasteiger partial charge on any atom is 0.354 e. The zero-order chi connectivity index (χ0) is 28.4. The molecule has 9 nitrogen and oxygen atoms in total. The van der Waals surface area contributed by atoms with Gasteiger partial charge in [-0.2, -0.15) is 4.98 Å². The van der Waals surface area contributed by atoms with Crippen molar-refractivity contribution in [1.82, 2.24) is 19.9 Å². The molecular weight excluding hydrogens is 533 g/mol. The number of aryl methyl sites for hydroxylation is 1. The molecule has 0 bridgehead atoms. The lowest BCUT2D eigenvalue weighted by Crippen LogP contribution is -2.36. The Balaban J connectivity index is 1.37. The molecular formula is C29H33ClFN7O2. The quantitative estimate of drug-likeness (QED) is 0.149. The molecule has 5 rings (SSSR count). The van der Waals surface area contributed by atoms with Gasteiger partial charge in [0.1, 0.15) is 5.65 Å². The number of aromatic amines is 1. The predicted molar refractivity (Wildman–Crippen MR) is 155 cm³/mol. The average Bonchev–Trinajstić information content (AvgIpc) is 3.56. The lowest BCUT2D eigenvalue weighted by Gasteiger charge is -2.15. The summed E-state index contributed by atoms with van der Waals surface area (Å²) in [5.74, 6) is -0.596. The molecule has 4 aromatic rings. The Labute approximate surface area is 236 Å². The van der Waals surface area contributed by atoms with Gasteiger partial charge in [0.25, 0.3) is 0 Å². The number of nitrogens with one attached hydrogen (secondary N) is 3. The molecule has 3 heterocycles. The summed E-state index contributed by atoms with van der Waals surface area (Å²) in [6.45, 7) is 2.46. The topological polar surface area (TPSA) is 148 Å². The Kier molecular flexibility index (Phi) is 8.20. The highest BCUT2D eigenvalue weighted by atomic mass is 35.5. The first kappa shape index (κ1) is 27.8. The van der Waals surface area contributed by atoms with E-state index in [1.165, 1.54) is 4.57 Å². The fourth-order valence-electron chi connectivity index (χ4n) is 5.11. The average molecular weight is 566 g/mol. The maximum atomic E-state index is 15.1. The van der Waals surface area contributed by atoms with Gasteiger partial charge in [0, 0.05) is 29.7 Å². The number of H-pyrrole nitrogens is 1. The van der Waals surface area contributed by atoms with Gasteiger partial charge in [-0.15, -0.1) is 0 Å². The van der Waals surface area contributed by atoms with Crippen LogP contribution in [0, 0.1) is 11.2 Å². The molecule has 0 radical (unpaired) electrons. The minimum atomic E-state index is -0.525. The van der Waals surface area contributed by atoms with Gasteiger partial charge in [-0.1, -0.05) is 23.7 Å². The van der Waals surface area contributed by atoms with Crippen LogP contribution in [0.1, 0.15) is 49.8 Å². The van der Waals surface area contributed by atoms with Crippen molar-refractivity contribution in [3.8, 4) is 16.9 Å². The van der Waals surface area contributed by atoms with Crippen molar-refractivity contribution in [2.24, 2.45) is 11.5 Å². The fourth-order valence-corrected chi connectivity index (χ4v) is 5.35. The second-order valence-electron chi connectivity index (χ2n) is 10.4. The highest BCUT2D eigenvalue weighted by Gasteiger charge is 2.26. The van der Waals surface area contributed by atoms with Crippen LogP contribution in [0.5, 0.6) is 0 Å². The molecule has 0 amide bonds. The highest BCUT2D eigenvalue weighted by molar-refractivity contribution is 6.31. The molecule has 3 atom stereocenters. The smallest absolute Gasteiger partial charge is 0.354 e. The Morgan fingerprint density at radius 3 is 2.80 bits per heavy atom. The molecule has 11 heteroatoms. The number of aromatic nitrogens is 3. The van der Waals surface area contributed by atoms with Crippen molar-refractivity contribution in [2.75, 3.05) is 6.54 Å². The van der Waals surface area contributed by atoms with Gasteiger partial charge < -0.3 is 26.5 Å². The summed E-state index contributed by atoms with van der Waals surface area (Å²) < 4.78 is 22.6. The number of fused-ring (bicyclic) bond motifs is 1. The summed E-state index contributed by atoms with van der Waals surface area (Å²) in [4.78, 5) is 20.2.